The van der Waals surface area contributed by atoms with Crippen LogP contribution in [0.25, 0.3) is 0 Å². The van der Waals surface area contributed by atoms with Crippen LogP contribution in [-0.4, -0.2) is 96.7 Å². The summed E-state index contributed by atoms with van der Waals surface area (Å²) in [6.45, 7) is 14.3. The summed E-state index contributed by atoms with van der Waals surface area (Å²) in [5, 5.41) is 10.6. The molecule has 0 heterocycles. The minimum absolute atomic E-state index is 0.103. The average Bonchev–Trinajstić information content (AvgIpc) is 0.952. The highest BCUT2D eigenvalue weighted by Gasteiger charge is 2.30. The van der Waals surface area contributed by atoms with Crippen LogP contribution in [-0.2, 0) is 65.4 Å². The van der Waals surface area contributed by atoms with E-state index in [1.54, 1.807) is 0 Å². The Morgan fingerprint density at radius 3 is 0.683 bits per heavy atom. The van der Waals surface area contributed by atoms with Crippen LogP contribution in [0, 0.1) is 23.7 Å². The van der Waals surface area contributed by atoms with Gasteiger partial charge in [0.2, 0.25) is 0 Å². The first-order valence-electron chi connectivity index (χ1n) is 43.7. The molecular weight excluding hydrogens is 1350 g/mol. The molecule has 19 heteroatoms. The molecule has 0 aromatic heterocycles. The number of phosphoric acid groups is 2. The van der Waals surface area contributed by atoms with E-state index in [1.807, 2.05) is 0 Å². The zero-order valence-corrected chi connectivity index (χ0v) is 70.5. The highest BCUT2D eigenvalue weighted by molar-refractivity contribution is 7.47. The molecule has 0 saturated carbocycles. The van der Waals surface area contributed by atoms with Crippen LogP contribution < -0.4 is 0 Å². The van der Waals surface area contributed by atoms with Gasteiger partial charge in [-0.25, -0.2) is 9.13 Å². The molecule has 0 aliphatic rings. The van der Waals surface area contributed by atoms with Crippen molar-refractivity contribution in [2.45, 2.75) is 459 Å². The van der Waals surface area contributed by atoms with Gasteiger partial charge in [0.15, 0.2) is 12.2 Å². The van der Waals surface area contributed by atoms with Gasteiger partial charge in [-0.15, -0.1) is 0 Å². The summed E-state index contributed by atoms with van der Waals surface area (Å²) in [5.41, 5.74) is 0. The number of carbonyl (C=O) groups excluding carboxylic acids is 4. The Balaban J connectivity index is 5.18. The maximum absolute atomic E-state index is 13.1. The van der Waals surface area contributed by atoms with Crippen molar-refractivity contribution >= 4 is 39.5 Å². The van der Waals surface area contributed by atoms with Gasteiger partial charge in [0.05, 0.1) is 26.4 Å². The molecule has 0 spiro atoms. The van der Waals surface area contributed by atoms with Gasteiger partial charge in [-0.2, -0.15) is 0 Å². The van der Waals surface area contributed by atoms with Crippen molar-refractivity contribution in [1.82, 2.24) is 0 Å². The lowest BCUT2D eigenvalue weighted by atomic mass is 9.99. The van der Waals surface area contributed by atoms with E-state index in [0.29, 0.717) is 31.6 Å². The molecular formula is C85H166O17P2. The van der Waals surface area contributed by atoms with Crippen molar-refractivity contribution in [2.24, 2.45) is 23.7 Å². The van der Waals surface area contributed by atoms with Gasteiger partial charge in [0.1, 0.15) is 19.3 Å². The van der Waals surface area contributed by atoms with Crippen LogP contribution in [0.5, 0.6) is 0 Å². The number of ether oxygens (including phenoxy) is 4. The molecule has 0 fully saturated rings. The van der Waals surface area contributed by atoms with Gasteiger partial charge in [0.25, 0.3) is 0 Å². The fraction of sp³-hybridized carbons (Fsp3) is 0.953. The van der Waals surface area contributed by atoms with Gasteiger partial charge >= 0.3 is 39.5 Å². The molecule has 0 aliphatic heterocycles. The number of aliphatic hydroxyl groups excluding tert-OH is 1. The normalized spacial score (nSPS) is 14.2. The number of unbranched alkanes of at least 4 members (excludes halogenated alkanes) is 47. The highest BCUT2D eigenvalue weighted by atomic mass is 31.2. The molecule has 0 aliphatic carbocycles. The van der Waals surface area contributed by atoms with Gasteiger partial charge in [0, 0.05) is 25.7 Å². The molecule has 618 valence electrons. The molecule has 104 heavy (non-hydrogen) atoms. The monoisotopic (exact) mass is 1520 g/mol. The zero-order chi connectivity index (χ0) is 76.7. The van der Waals surface area contributed by atoms with Crippen molar-refractivity contribution in [3.05, 3.63) is 0 Å². The fourth-order valence-electron chi connectivity index (χ4n) is 13.1. The maximum Gasteiger partial charge on any atom is 0.472 e. The van der Waals surface area contributed by atoms with E-state index in [2.05, 4.69) is 55.4 Å². The first kappa shape index (κ1) is 102. The summed E-state index contributed by atoms with van der Waals surface area (Å²) < 4.78 is 68.7. The number of esters is 4. The van der Waals surface area contributed by atoms with Crippen molar-refractivity contribution in [3.63, 3.8) is 0 Å². The number of phosphoric ester groups is 2. The summed E-state index contributed by atoms with van der Waals surface area (Å²) in [4.78, 5) is 73.1. The van der Waals surface area contributed by atoms with E-state index < -0.39 is 97.5 Å². The molecule has 3 N–H and O–H groups in total. The zero-order valence-electron chi connectivity index (χ0n) is 68.7. The lowest BCUT2D eigenvalue weighted by molar-refractivity contribution is -0.161. The molecule has 4 unspecified atom stereocenters. The summed E-state index contributed by atoms with van der Waals surface area (Å²) in [5.74, 6) is 1.00. The molecule has 0 rings (SSSR count). The molecule has 0 radical (unpaired) electrons. The number of carbonyl (C=O) groups is 4. The van der Waals surface area contributed by atoms with Crippen LogP contribution in [0.15, 0.2) is 0 Å². The van der Waals surface area contributed by atoms with Crippen molar-refractivity contribution in [3.8, 4) is 0 Å². The van der Waals surface area contributed by atoms with Crippen LogP contribution in [0.4, 0.5) is 0 Å². The number of hydrogen-bond donors (Lipinski definition) is 3. The molecule has 0 bridgehead atoms. The van der Waals surface area contributed by atoms with E-state index in [1.165, 1.54) is 244 Å². The minimum atomic E-state index is -4.97. The summed E-state index contributed by atoms with van der Waals surface area (Å²) in [6.07, 6.45) is 62.8. The third kappa shape index (κ3) is 76.8. The predicted molar refractivity (Wildman–Crippen MR) is 428 cm³/mol. The second kappa shape index (κ2) is 73.8. The molecule has 0 amide bonds. The van der Waals surface area contributed by atoms with Gasteiger partial charge in [-0.05, 0) is 49.4 Å². The first-order valence-corrected chi connectivity index (χ1v) is 46.7. The van der Waals surface area contributed by atoms with Gasteiger partial charge in [-0.1, -0.05) is 389 Å². The van der Waals surface area contributed by atoms with E-state index in [-0.39, 0.29) is 25.7 Å². The topological polar surface area (TPSA) is 237 Å². The van der Waals surface area contributed by atoms with Gasteiger partial charge in [-0.3, -0.25) is 37.3 Å². The van der Waals surface area contributed by atoms with E-state index in [9.17, 15) is 43.2 Å². The van der Waals surface area contributed by atoms with E-state index >= 15 is 0 Å². The Hall–Kier alpha value is -1.94. The number of hydrogen-bond acceptors (Lipinski definition) is 15. The largest absolute Gasteiger partial charge is 0.472 e. The predicted octanol–water partition coefficient (Wildman–Crippen LogP) is 25.6. The van der Waals surface area contributed by atoms with Gasteiger partial charge < -0.3 is 33.8 Å². The Morgan fingerprint density at radius 2 is 0.462 bits per heavy atom. The Morgan fingerprint density at radius 1 is 0.269 bits per heavy atom. The molecule has 17 nitrogen and oxygen atoms in total. The van der Waals surface area contributed by atoms with Crippen LogP contribution in [0.2, 0.25) is 0 Å². The number of rotatable bonds is 82. The minimum Gasteiger partial charge on any atom is -0.462 e. The van der Waals surface area contributed by atoms with Crippen LogP contribution in [0.1, 0.15) is 441 Å². The van der Waals surface area contributed by atoms with E-state index in [0.717, 1.165) is 108 Å². The van der Waals surface area contributed by atoms with Crippen molar-refractivity contribution in [1.29, 1.82) is 0 Å². The summed E-state index contributed by atoms with van der Waals surface area (Å²) in [7, 11) is -9.92. The smallest absolute Gasteiger partial charge is 0.462 e. The standard InChI is InChI=1S/C85H166O17P2/c1-9-78(8)64-56-48-40-31-27-23-19-15-11-13-16-20-24-28-32-41-49-57-65-82(87)95-71-80(101-84(89)67-59-51-43-33-29-25-21-17-12-10-14-18-22-26-30-37-45-53-61-75(2)3)73-99-103(91,92)97-69-79(86)70-98-104(93,94)100-74-81(102-85(90)68-60-52-44-36-39-47-55-63-77(6)7)72-96-83(88)66-58-50-42-35-34-38-46-54-62-76(4)5/h75-81,86H,9-74H2,1-8H3,(H,91,92)(H,93,94)/t78?,79?,80-,81-/m1/s1. The summed E-state index contributed by atoms with van der Waals surface area (Å²) >= 11 is 0. The first-order chi connectivity index (χ1) is 50.1. The lowest BCUT2D eigenvalue weighted by Gasteiger charge is -2.21. The molecule has 0 aromatic rings. The second-order valence-electron chi connectivity index (χ2n) is 32.2. The lowest BCUT2D eigenvalue weighted by Crippen LogP contribution is -2.30. The average molecular weight is 1520 g/mol. The third-order valence-electron chi connectivity index (χ3n) is 20.2. The van der Waals surface area contributed by atoms with Crippen LogP contribution in [0.3, 0.4) is 0 Å². The second-order valence-corrected chi connectivity index (χ2v) is 35.2. The van der Waals surface area contributed by atoms with Crippen molar-refractivity contribution in [2.75, 3.05) is 39.6 Å². The van der Waals surface area contributed by atoms with Crippen molar-refractivity contribution < 1.29 is 80.2 Å². The third-order valence-corrected chi connectivity index (χ3v) is 22.1. The summed E-state index contributed by atoms with van der Waals surface area (Å²) in [6, 6.07) is 0. The highest BCUT2D eigenvalue weighted by Crippen LogP contribution is 2.45. The molecule has 0 saturated heterocycles. The maximum atomic E-state index is 13.1. The molecule has 6 atom stereocenters. The van der Waals surface area contributed by atoms with E-state index in [4.69, 9.17) is 37.0 Å². The molecule has 0 aromatic carbocycles. The Labute approximate surface area is 638 Å². The quantitative estimate of drug-likeness (QED) is 0.0222. The SMILES string of the molecule is CCC(C)CCCCCCCCCCCCCCCCCCCCC(=O)OC[C@H](COP(=O)(O)OCC(O)COP(=O)(O)OC[C@@H](COC(=O)CCCCCCCCCCC(C)C)OC(=O)CCCCCCCCCC(C)C)OC(=O)CCCCCCCCCCCCCCCCCCCCC(C)C. The Kier molecular flexibility index (Phi) is 72.5. The fourth-order valence-corrected chi connectivity index (χ4v) is 14.7. The number of aliphatic hydroxyl groups is 1. The van der Waals surface area contributed by atoms with Crippen LogP contribution >= 0.6 is 15.6 Å². The Bertz CT molecular complexity index is 2030.